The maximum atomic E-state index is 10.1. The first-order chi connectivity index (χ1) is 4.31. The van der Waals surface area contributed by atoms with Gasteiger partial charge in [0.15, 0.2) is 0 Å². The van der Waals surface area contributed by atoms with Crippen LogP contribution in [0.4, 0.5) is 0 Å². The molecule has 0 fully saturated rings. The van der Waals surface area contributed by atoms with Gasteiger partial charge >= 0.3 is 11.7 Å². The smallest absolute Gasteiger partial charge is 0.0654 e. The summed E-state index contributed by atoms with van der Waals surface area (Å²) in [7, 11) is 0. The molecule has 0 aliphatic carbocycles. The lowest BCUT2D eigenvalue weighted by molar-refractivity contribution is 0.594. The lowest BCUT2D eigenvalue weighted by atomic mass is 10.2. The average Bonchev–Trinajstić information content (AvgIpc) is 1.89. The minimum atomic E-state index is 0.0662. The Kier molecular flexibility index (Phi) is 6.16. The lowest BCUT2D eigenvalue weighted by Crippen LogP contribution is -1.97. The molecule has 0 amide bonds. The van der Waals surface area contributed by atoms with Crippen LogP contribution in [0.5, 0.6) is 0 Å². The Morgan fingerprint density at radius 1 is 1.56 bits per heavy atom. The molecule has 1 radical (unpaired) electrons. The highest BCUT2D eigenvalue weighted by Gasteiger charge is 2.12. The monoisotopic (exact) mass is 146 g/mol. The van der Waals surface area contributed by atoms with Crippen molar-refractivity contribution in [2.75, 3.05) is 0 Å². The molecule has 0 aliphatic heterocycles. The molecule has 1 unspecified atom stereocenters. The fourth-order valence-corrected chi connectivity index (χ4v) is 0.933. The van der Waals surface area contributed by atoms with E-state index in [2.05, 4.69) is 13.8 Å². The van der Waals surface area contributed by atoms with Crippen molar-refractivity contribution in [3.8, 4) is 0 Å². The Hall–Kier alpha value is 0.0200. The topological polar surface area (TPSA) is 17.1 Å². The molecular formula is C7H14OS+. The second-order valence-electron chi connectivity index (χ2n) is 2.21. The first-order valence-electron chi connectivity index (χ1n) is 3.43. The van der Waals surface area contributed by atoms with E-state index in [9.17, 15) is 4.21 Å². The van der Waals surface area contributed by atoms with Crippen LogP contribution < -0.4 is 0 Å². The van der Waals surface area contributed by atoms with Crippen LogP contribution in [0.1, 0.15) is 32.6 Å². The van der Waals surface area contributed by atoms with Crippen molar-refractivity contribution in [2.45, 2.75) is 37.9 Å². The molecule has 0 aromatic heterocycles. The summed E-state index contributed by atoms with van der Waals surface area (Å²) in [6, 6.07) is 0. The van der Waals surface area contributed by atoms with Crippen LogP contribution in [0.15, 0.2) is 0 Å². The Balaban J connectivity index is 2.96. The van der Waals surface area contributed by atoms with Crippen LogP contribution in [-0.2, 0) is 15.9 Å². The van der Waals surface area contributed by atoms with Gasteiger partial charge in [-0.3, -0.25) is 0 Å². The first-order valence-corrected chi connectivity index (χ1v) is 4.23. The van der Waals surface area contributed by atoms with Gasteiger partial charge in [-0.2, -0.15) is 0 Å². The minimum Gasteiger partial charge on any atom is -0.0654 e. The van der Waals surface area contributed by atoms with Gasteiger partial charge < -0.3 is 0 Å². The molecule has 2 heteroatoms. The summed E-state index contributed by atoms with van der Waals surface area (Å²) >= 11 is 0.614. The zero-order valence-corrected chi connectivity index (χ0v) is 6.75. The molecule has 0 rings (SSSR count). The number of unbranched alkanes of at least 4 members (excludes halogenated alkanes) is 2. The molecule has 53 valence electrons. The normalized spacial score (nSPS) is 13.1. The quantitative estimate of drug-likeness (QED) is 0.429. The van der Waals surface area contributed by atoms with E-state index in [1.165, 1.54) is 12.8 Å². The molecule has 0 saturated carbocycles. The van der Waals surface area contributed by atoms with Gasteiger partial charge in [0.25, 0.3) is 0 Å². The number of rotatable bonds is 5. The molecule has 0 bridgehead atoms. The van der Waals surface area contributed by atoms with Crippen LogP contribution in [0.25, 0.3) is 0 Å². The highest BCUT2D eigenvalue weighted by atomic mass is 32.1. The van der Waals surface area contributed by atoms with Crippen molar-refractivity contribution in [3.05, 3.63) is 6.92 Å². The average molecular weight is 146 g/mol. The molecular weight excluding hydrogens is 132 g/mol. The highest BCUT2D eigenvalue weighted by Crippen LogP contribution is 2.02. The van der Waals surface area contributed by atoms with Gasteiger partial charge in [-0.15, -0.1) is 0 Å². The predicted molar refractivity (Wildman–Crippen MR) is 41.3 cm³/mol. The van der Waals surface area contributed by atoms with E-state index in [1.54, 1.807) is 0 Å². The van der Waals surface area contributed by atoms with E-state index in [0.717, 1.165) is 12.8 Å². The maximum absolute atomic E-state index is 10.1. The van der Waals surface area contributed by atoms with Crippen molar-refractivity contribution in [3.63, 3.8) is 0 Å². The predicted octanol–water partition coefficient (Wildman–Crippen LogP) is 2.20. The van der Waals surface area contributed by atoms with Gasteiger partial charge in [-0.05, 0) is 6.42 Å². The van der Waals surface area contributed by atoms with E-state index in [4.69, 9.17) is 0 Å². The van der Waals surface area contributed by atoms with Gasteiger partial charge in [0.2, 0.25) is 5.25 Å². The summed E-state index contributed by atoms with van der Waals surface area (Å²) < 4.78 is 10.1. The molecule has 1 nitrogen and oxygen atoms in total. The summed E-state index contributed by atoms with van der Waals surface area (Å²) in [6.45, 7) is 5.83. The molecule has 0 N–H and O–H groups in total. The molecule has 0 aromatic rings. The summed E-state index contributed by atoms with van der Waals surface area (Å²) in [5.74, 6) is 0. The van der Waals surface area contributed by atoms with Gasteiger partial charge in [-0.1, -0.05) is 19.8 Å². The maximum Gasteiger partial charge on any atom is 0.462 e. The number of hydrogen-bond donors (Lipinski definition) is 0. The van der Waals surface area contributed by atoms with Gasteiger partial charge in [0.05, 0.1) is 0 Å². The fraction of sp³-hybridized carbons (Fsp3) is 0.857. The van der Waals surface area contributed by atoms with Crippen LogP contribution in [0.2, 0.25) is 0 Å². The van der Waals surface area contributed by atoms with E-state index in [-0.39, 0.29) is 5.25 Å². The largest absolute Gasteiger partial charge is 0.462 e. The van der Waals surface area contributed by atoms with Gasteiger partial charge in [-0.25, -0.2) is 0 Å². The third-order valence-electron chi connectivity index (χ3n) is 1.27. The summed E-state index contributed by atoms with van der Waals surface area (Å²) in [5.41, 5.74) is 0. The molecule has 1 atom stereocenters. The first kappa shape index (κ1) is 9.02. The molecule has 0 aromatic carbocycles. The third kappa shape index (κ3) is 5.90. The Morgan fingerprint density at radius 3 is 2.67 bits per heavy atom. The number of hydrogen-bond acceptors (Lipinski definition) is 1. The van der Waals surface area contributed by atoms with Crippen molar-refractivity contribution in [1.82, 2.24) is 0 Å². The SMILES string of the molecule is [CH2]C(CCCCC)[S+]=O. The summed E-state index contributed by atoms with van der Waals surface area (Å²) in [6.07, 6.45) is 4.57. The van der Waals surface area contributed by atoms with Crippen molar-refractivity contribution < 1.29 is 4.21 Å². The zero-order chi connectivity index (χ0) is 7.11. The second-order valence-corrected chi connectivity index (χ2v) is 3.07. The molecule has 9 heavy (non-hydrogen) atoms. The fourth-order valence-electron chi connectivity index (χ4n) is 0.670. The Bertz CT molecular complexity index is 73.3. The summed E-state index contributed by atoms with van der Waals surface area (Å²) in [5, 5.41) is 0.0662. The van der Waals surface area contributed by atoms with E-state index >= 15 is 0 Å². The van der Waals surface area contributed by atoms with Gasteiger partial charge in [0.1, 0.15) is 0 Å². The minimum absolute atomic E-state index is 0.0662. The highest BCUT2D eigenvalue weighted by molar-refractivity contribution is 7.66. The lowest BCUT2D eigenvalue weighted by Gasteiger charge is -1.91. The van der Waals surface area contributed by atoms with Crippen LogP contribution in [0, 0.1) is 6.92 Å². The second kappa shape index (κ2) is 6.14. The van der Waals surface area contributed by atoms with E-state index < -0.39 is 0 Å². The standard InChI is InChI=1S/C7H14OS/c1-3-4-5-6-7(2)9-8/h7H,2-6H2,1H3/q+1. The summed E-state index contributed by atoms with van der Waals surface area (Å²) in [4.78, 5) is 0. The van der Waals surface area contributed by atoms with Gasteiger partial charge in [0, 0.05) is 17.6 Å². The Morgan fingerprint density at radius 2 is 2.22 bits per heavy atom. The molecule has 0 saturated heterocycles. The van der Waals surface area contributed by atoms with Crippen LogP contribution >= 0.6 is 0 Å². The zero-order valence-electron chi connectivity index (χ0n) is 5.93. The Labute approximate surface area is 61.3 Å². The van der Waals surface area contributed by atoms with Crippen molar-refractivity contribution in [2.24, 2.45) is 0 Å². The molecule has 0 heterocycles. The molecule has 0 spiro atoms. The van der Waals surface area contributed by atoms with E-state index in [0.29, 0.717) is 11.7 Å². The van der Waals surface area contributed by atoms with E-state index in [1.807, 2.05) is 0 Å². The molecule has 0 aliphatic rings. The van der Waals surface area contributed by atoms with Crippen LogP contribution in [-0.4, -0.2) is 5.25 Å². The van der Waals surface area contributed by atoms with Crippen LogP contribution in [0.3, 0.4) is 0 Å². The van der Waals surface area contributed by atoms with Crippen molar-refractivity contribution in [1.29, 1.82) is 0 Å². The van der Waals surface area contributed by atoms with Crippen molar-refractivity contribution >= 4 is 11.7 Å². The third-order valence-corrected chi connectivity index (χ3v) is 1.77.